The van der Waals surface area contributed by atoms with Gasteiger partial charge in [0, 0.05) is 11.1 Å². The molecule has 31 heavy (non-hydrogen) atoms. The van der Waals surface area contributed by atoms with Gasteiger partial charge in [-0.3, -0.25) is 25.0 Å². The molecule has 0 spiro atoms. The highest BCUT2D eigenvalue weighted by Gasteiger charge is 2.17. The molecule has 0 radical (unpaired) electrons. The van der Waals surface area contributed by atoms with Gasteiger partial charge in [-0.25, -0.2) is 0 Å². The van der Waals surface area contributed by atoms with Crippen molar-refractivity contribution < 1.29 is 14.0 Å². The van der Waals surface area contributed by atoms with Gasteiger partial charge in [0.05, 0.1) is 18.6 Å². The lowest BCUT2D eigenvalue weighted by Gasteiger charge is -2.09. The zero-order valence-corrected chi connectivity index (χ0v) is 17.2. The van der Waals surface area contributed by atoms with Crippen LogP contribution in [0.3, 0.4) is 0 Å². The van der Waals surface area contributed by atoms with Crippen LogP contribution in [0.25, 0.3) is 11.4 Å². The molecule has 4 rings (SSSR count). The van der Waals surface area contributed by atoms with Gasteiger partial charge in [-0.05, 0) is 24.3 Å². The van der Waals surface area contributed by atoms with E-state index in [1.807, 2.05) is 53.1 Å². The highest BCUT2D eigenvalue weighted by molar-refractivity contribution is 7.99. The minimum atomic E-state index is -0.383. The van der Waals surface area contributed by atoms with Crippen molar-refractivity contribution in [1.29, 1.82) is 0 Å². The molecule has 0 aliphatic rings. The second-order valence-corrected chi connectivity index (χ2v) is 7.44. The summed E-state index contributed by atoms with van der Waals surface area (Å²) >= 11 is 1.22. The molecule has 0 saturated heterocycles. The lowest BCUT2D eigenvalue weighted by atomic mass is 10.2. The van der Waals surface area contributed by atoms with E-state index in [-0.39, 0.29) is 17.6 Å². The Labute approximate surface area is 182 Å². The molecule has 2 aromatic heterocycles. The summed E-state index contributed by atoms with van der Waals surface area (Å²) in [5.41, 5.74) is 6.20. The van der Waals surface area contributed by atoms with E-state index in [1.165, 1.54) is 11.8 Å². The zero-order chi connectivity index (χ0) is 21.5. The number of thioether (sulfide) groups is 1. The van der Waals surface area contributed by atoms with Crippen molar-refractivity contribution in [3.8, 4) is 11.4 Å². The van der Waals surface area contributed by atoms with Crippen LogP contribution in [0.4, 0.5) is 0 Å². The molecule has 2 N–H and O–H groups in total. The Balaban J connectivity index is 1.42. The van der Waals surface area contributed by atoms with E-state index in [4.69, 9.17) is 4.42 Å². The third-order valence-corrected chi connectivity index (χ3v) is 5.29. The monoisotopic (exact) mass is 433 g/mol. The first-order valence-electron chi connectivity index (χ1n) is 9.49. The van der Waals surface area contributed by atoms with Gasteiger partial charge in [0.15, 0.2) is 11.0 Å². The van der Waals surface area contributed by atoms with Gasteiger partial charge in [0.2, 0.25) is 5.91 Å². The molecule has 4 aromatic rings. The molecular formula is C22H19N5O3S. The zero-order valence-electron chi connectivity index (χ0n) is 16.4. The SMILES string of the molecule is O=C(CSc1nnc(-c2ccccc2)n1Cc1ccco1)NNC(=O)c1ccccc1. The van der Waals surface area contributed by atoms with Gasteiger partial charge in [0.25, 0.3) is 5.91 Å². The van der Waals surface area contributed by atoms with Crippen molar-refractivity contribution in [3.05, 3.63) is 90.4 Å². The van der Waals surface area contributed by atoms with Crippen molar-refractivity contribution in [2.75, 3.05) is 5.75 Å². The first-order chi connectivity index (χ1) is 15.2. The number of furan rings is 1. The van der Waals surface area contributed by atoms with Crippen molar-refractivity contribution in [1.82, 2.24) is 25.6 Å². The quantitative estimate of drug-likeness (QED) is 0.343. The van der Waals surface area contributed by atoms with E-state index in [0.29, 0.717) is 23.1 Å². The summed E-state index contributed by atoms with van der Waals surface area (Å²) in [6.45, 7) is 0.429. The standard InChI is InChI=1S/C22H19N5O3S/c28-19(23-25-21(29)17-10-5-2-6-11-17)15-31-22-26-24-20(16-8-3-1-4-9-16)27(22)14-18-12-7-13-30-18/h1-13H,14-15H2,(H,23,28)(H,25,29). The number of hydrogen-bond acceptors (Lipinski definition) is 6. The molecule has 2 heterocycles. The van der Waals surface area contributed by atoms with Gasteiger partial charge in [-0.2, -0.15) is 0 Å². The molecule has 0 aliphatic heterocycles. The summed E-state index contributed by atoms with van der Waals surface area (Å²) < 4.78 is 7.37. The Hall–Kier alpha value is -3.85. The third-order valence-electron chi connectivity index (χ3n) is 4.33. The summed E-state index contributed by atoms with van der Waals surface area (Å²) in [4.78, 5) is 24.3. The lowest BCUT2D eigenvalue weighted by Crippen LogP contribution is -2.42. The van der Waals surface area contributed by atoms with Crippen molar-refractivity contribution in [3.63, 3.8) is 0 Å². The summed E-state index contributed by atoms with van der Waals surface area (Å²) in [7, 11) is 0. The summed E-state index contributed by atoms with van der Waals surface area (Å²) in [6, 6.07) is 22.0. The van der Waals surface area contributed by atoms with Gasteiger partial charge in [-0.15, -0.1) is 10.2 Å². The Kier molecular flexibility index (Phi) is 6.44. The largest absolute Gasteiger partial charge is 0.467 e. The minimum absolute atomic E-state index is 0.0557. The van der Waals surface area contributed by atoms with E-state index in [9.17, 15) is 9.59 Å². The fourth-order valence-electron chi connectivity index (χ4n) is 2.85. The van der Waals surface area contributed by atoms with Gasteiger partial charge < -0.3 is 4.42 Å². The molecule has 0 bridgehead atoms. The average Bonchev–Trinajstić information content (AvgIpc) is 3.47. The van der Waals surface area contributed by atoms with Crippen LogP contribution in [0.2, 0.25) is 0 Å². The van der Waals surface area contributed by atoms with Gasteiger partial charge in [-0.1, -0.05) is 60.3 Å². The second kappa shape index (κ2) is 9.77. The molecule has 0 saturated carbocycles. The summed E-state index contributed by atoms with van der Waals surface area (Å²) in [5.74, 6) is 0.741. The number of hydrogen-bond donors (Lipinski definition) is 2. The first kappa shape index (κ1) is 20.4. The number of nitrogens with zero attached hydrogens (tertiary/aromatic N) is 3. The van der Waals surface area contributed by atoms with Gasteiger partial charge in [0.1, 0.15) is 5.76 Å². The maximum Gasteiger partial charge on any atom is 0.269 e. The van der Waals surface area contributed by atoms with E-state index < -0.39 is 0 Å². The Morgan fingerprint density at radius 3 is 2.35 bits per heavy atom. The number of carbonyl (C=O) groups is 2. The molecule has 0 atom stereocenters. The topological polar surface area (TPSA) is 102 Å². The predicted octanol–water partition coefficient (Wildman–Crippen LogP) is 3.14. The smallest absolute Gasteiger partial charge is 0.269 e. The van der Waals surface area contributed by atoms with Crippen molar-refractivity contribution in [2.24, 2.45) is 0 Å². The molecule has 0 fully saturated rings. The minimum Gasteiger partial charge on any atom is -0.467 e. The van der Waals surface area contributed by atoms with E-state index in [1.54, 1.807) is 30.5 Å². The molecule has 0 unspecified atom stereocenters. The van der Waals surface area contributed by atoms with Crippen molar-refractivity contribution >= 4 is 23.6 Å². The fraction of sp³-hybridized carbons (Fsp3) is 0.0909. The highest BCUT2D eigenvalue weighted by Crippen LogP contribution is 2.25. The highest BCUT2D eigenvalue weighted by atomic mass is 32.2. The third kappa shape index (κ3) is 5.20. The van der Waals surface area contributed by atoms with Crippen LogP contribution < -0.4 is 10.9 Å². The molecule has 9 heteroatoms. The number of rotatable bonds is 7. The normalized spacial score (nSPS) is 10.6. The number of hydrazine groups is 1. The molecule has 0 aliphatic carbocycles. The first-order valence-corrected chi connectivity index (χ1v) is 10.5. The van der Waals surface area contributed by atoms with Crippen LogP contribution in [0.5, 0.6) is 0 Å². The molecule has 2 aromatic carbocycles. The van der Waals surface area contributed by atoms with Crippen LogP contribution in [0, 0.1) is 0 Å². The van der Waals surface area contributed by atoms with E-state index in [0.717, 1.165) is 11.3 Å². The van der Waals surface area contributed by atoms with Crippen LogP contribution in [0.1, 0.15) is 16.1 Å². The molecule has 2 amide bonds. The maximum atomic E-state index is 12.2. The van der Waals surface area contributed by atoms with E-state index >= 15 is 0 Å². The Bertz CT molecular complexity index is 1140. The number of aromatic nitrogens is 3. The average molecular weight is 433 g/mol. The lowest BCUT2D eigenvalue weighted by molar-refractivity contribution is -0.119. The summed E-state index contributed by atoms with van der Waals surface area (Å²) in [5, 5.41) is 9.13. The molecule has 8 nitrogen and oxygen atoms in total. The van der Waals surface area contributed by atoms with Crippen molar-refractivity contribution in [2.45, 2.75) is 11.7 Å². The molecule has 156 valence electrons. The van der Waals surface area contributed by atoms with Gasteiger partial charge >= 0.3 is 0 Å². The maximum absolute atomic E-state index is 12.2. The number of amides is 2. The van der Waals surface area contributed by atoms with Crippen LogP contribution >= 0.6 is 11.8 Å². The Morgan fingerprint density at radius 1 is 0.903 bits per heavy atom. The Morgan fingerprint density at radius 2 is 1.65 bits per heavy atom. The second-order valence-electron chi connectivity index (χ2n) is 6.49. The number of benzene rings is 2. The number of nitrogens with one attached hydrogen (secondary N) is 2. The molecular weight excluding hydrogens is 414 g/mol. The van der Waals surface area contributed by atoms with Crippen LogP contribution in [-0.2, 0) is 11.3 Å². The van der Waals surface area contributed by atoms with Crippen LogP contribution in [0.15, 0.2) is 88.6 Å². The van der Waals surface area contributed by atoms with Crippen LogP contribution in [-0.4, -0.2) is 32.3 Å². The fourth-order valence-corrected chi connectivity index (χ4v) is 3.59. The number of carbonyl (C=O) groups excluding carboxylic acids is 2. The van der Waals surface area contributed by atoms with E-state index in [2.05, 4.69) is 21.0 Å². The summed E-state index contributed by atoms with van der Waals surface area (Å²) in [6.07, 6.45) is 1.61. The predicted molar refractivity (Wildman–Crippen MR) is 116 cm³/mol.